The van der Waals surface area contributed by atoms with E-state index < -0.39 is 32.5 Å². The third-order valence-corrected chi connectivity index (χ3v) is 9.73. The van der Waals surface area contributed by atoms with Gasteiger partial charge in [-0.1, -0.05) is 140 Å². The SMILES string of the molecule is CCCCCC/C=C\C/C=C\CCCCCCCC(=O)OC(COC(=O)CCCCCCC/C=C\CCCCCCCC)COP(=O)(O)OCCN. The number of esters is 2. The minimum atomic E-state index is -4.38. The highest BCUT2D eigenvalue weighted by atomic mass is 31.2. The van der Waals surface area contributed by atoms with Gasteiger partial charge in [-0.25, -0.2) is 4.57 Å². The van der Waals surface area contributed by atoms with Gasteiger partial charge >= 0.3 is 19.8 Å². The highest BCUT2D eigenvalue weighted by Crippen LogP contribution is 2.43. The van der Waals surface area contributed by atoms with Gasteiger partial charge in [0.05, 0.1) is 13.2 Å². The number of unbranched alkanes of at least 4 members (excludes halogenated alkanes) is 20. The summed E-state index contributed by atoms with van der Waals surface area (Å²) in [6.45, 7) is 3.68. The van der Waals surface area contributed by atoms with Crippen LogP contribution in [-0.2, 0) is 32.7 Å². The zero-order chi connectivity index (χ0) is 38.2. The topological polar surface area (TPSA) is 134 Å². The molecule has 2 unspecified atom stereocenters. The molecule has 0 heterocycles. The predicted molar refractivity (Wildman–Crippen MR) is 215 cm³/mol. The van der Waals surface area contributed by atoms with Crippen molar-refractivity contribution in [3.8, 4) is 0 Å². The summed E-state index contributed by atoms with van der Waals surface area (Å²) < 4.78 is 32.7. The quantitative estimate of drug-likeness (QED) is 0.0272. The summed E-state index contributed by atoms with van der Waals surface area (Å²) in [6.07, 6.45) is 41.7. The highest BCUT2D eigenvalue weighted by molar-refractivity contribution is 7.47. The van der Waals surface area contributed by atoms with Crippen LogP contribution in [0.15, 0.2) is 36.5 Å². The molecule has 0 aliphatic heterocycles. The smallest absolute Gasteiger partial charge is 0.462 e. The second-order valence-corrected chi connectivity index (χ2v) is 15.3. The van der Waals surface area contributed by atoms with Crippen molar-refractivity contribution in [1.29, 1.82) is 0 Å². The van der Waals surface area contributed by atoms with Crippen molar-refractivity contribution in [2.24, 2.45) is 5.73 Å². The van der Waals surface area contributed by atoms with Gasteiger partial charge in [0.15, 0.2) is 6.10 Å². The lowest BCUT2D eigenvalue weighted by Gasteiger charge is -2.19. The molecule has 3 N–H and O–H groups in total. The van der Waals surface area contributed by atoms with E-state index in [1.165, 1.54) is 77.0 Å². The normalized spacial score (nSPS) is 13.7. The van der Waals surface area contributed by atoms with E-state index in [1.807, 2.05) is 0 Å². The van der Waals surface area contributed by atoms with Crippen LogP contribution in [0.2, 0.25) is 0 Å². The Morgan fingerprint density at radius 3 is 1.50 bits per heavy atom. The molecule has 0 rings (SSSR count). The molecule has 52 heavy (non-hydrogen) atoms. The number of allylic oxidation sites excluding steroid dienone is 6. The van der Waals surface area contributed by atoms with Crippen molar-refractivity contribution >= 4 is 19.8 Å². The molecule has 0 aliphatic rings. The first-order valence-electron chi connectivity index (χ1n) is 21.0. The van der Waals surface area contributed by atoms with Crippen molar-refractivity contribution in [3.63, 3.8) is 0 Å². The van der Waals surface area contributed by atoms with E-state index >= 15 is 0 Å². The zero-order valence-corrected chi connectivity index (χ0v) is 34.2. The number of nitrogens with two attached hydrogens (primary N) is 1. The summed E-state index contributed by atoms with van der Waals surface area (Å²) in [7, 11) is -4.38. The van der Waals surface area contributed by atoms with Gasteiger partial charge in [-0.2, -0.15) is 0 Å². The van der Waals surface area contributed by atoms with E-state index in [0.29, 0.717) is 6.42 Å². The van der Waals surface area contributed by atoms with Crippen LogP contribution < -0.4 is 5.73 Å². The Kier molecular flexibility index (Phi) is 37.6. The monoisotopic (exact) mass is 756 g/mol. The molecule has 10 heteroatoms. The first kappa shape index (κ1) is 50.2. The van der Waals surface area contributed by atoms with E-state index in [1.54, 1.807) is 0 Å². The van der Waals surface area contributed by atoms with Crippen LogP contribution in [-0.4, -0.2) is 49.3 Å². The maximum absolute atomic E-state index is 12.6. The third-order valence-electron chi connectivity index (χ3n) is 8.75. The Balaban J connectivity index is 4.21. The number of phosphoric ester groups is 1. The molecule has 0 amide bonds. The van der Waals surface area contributed by atoms with Gasteiger partial charge in [-0.15, -0.1) is 0 Å². The zero-order valence-electron chi connectivity index (χ0n) is 33.3. The maximum Gasteiger partial charge on any atom is 0.472 e. The van der Waals surface area contributed by atoms with E-state index in [9.17, 15) is 19.0 Å². The summed E-state index contributed by atoms with van der Waals surface area (Å²) in [5, 5.41) is 0. The lowest BCUT2D eigenvalue weighted by molar-refractivity contribution is -0.161. The molecule has 0 aromatic carbocycles. The fourth-order valence-electron chi connectivity index (χ4n) is 5.60. The lowest BCUT2D eigenvalue weighted by atomic mass is 10.1. The molecule has 0 aromatic heterocycles. The Morgan fingerprint density at radius 2 is 1.00 bits per heavy atom. The van der Waals surface area contributed by atoms with Gasteiger partial charge in [-0.05, 0) is 70.6 Å². The Labute approximate surface area is 318 Å². The molecule has 0 fully saturated rings. The summed E-state index contributed by atoms with van der Waals surface area (Å²) in [5.41, 5.74) is 5.34. The number of hydrogen-bond acceptors (Lipinski definition) is 8. The van der Waals surface area contributed by atoms with Crippen molar-refractivity contribution in [1.82, 2.24) is 0 Å². The van der Waals surface area contributed by atoms with E-state index in [-0.39, 0.29) is 32.6 Å². The fraction of sp³-hybridized carbons (Fsp3) is 0.810. The minimum absolute atomic E-state index is 0.0495. The third kappa shape index (κ3) is 38.0. The van der Waals surface area contributed by atoms with E-state index in [2.05, 4.69) is 50.3 Å². The molecule has 0 aliphatic carbocycles. The summed E-state index contributed by atoms with van der Waals surface area (Å²) in [4.78, 5) is 34.8. The van der Waals surface area contributed by atoms with Gasteiger partial charge in [0.1, 0.15) is 6.61 Å². The molecule has 0 aromatic rings. The van der Waals surface area contributed by atoms with E-state index in [4.69, 9.17) is 24.3 Å². The predicted octanol–water partition coefficient (Wildman–Crippen LogP) is 11.8. The summed E-state index contributed by atoms with van der Waals surface area (Å²) in [5.74, 6) is -0.853. The average molecular weight is 756 g/mol. The number of ether oxygens (including phenoxy) is 2. The van der Waals surface area contributed by atoms with Gasteiger partial charge in [-0.3, -0.25) is 18.6 Å². The standard InChI is InChI=1S/C42H78NO8P/c1-3-5-7-9-11-13-15-17-19-21-23-25-27-29-31-33-35-42(45)51-40(39-50-52(46,47)49-37-36-43)38-48-41(44)34-32-30-28-26-24-22-20-18-16-14-12-10-8-6-4-2/h13,15,18-21,40H,3-12,14,16-17,22-39,43H2,1-2H3,(H,46,47)/b15-13-,20-18-,21-19-. The average Bonchev–Trinajstić information content (AvgIpc) is 3.13. The highest BCUT2D eigenvalue weighted by Gasteiger charge is 2.26. The first-order chi connectivity index (χ1) is 25.3. The minimum Gasteiger partial charge on any atom is -0.462 e. The Morgan fingerprint density at radius 1 is 0.577 bits per heavy atom. The van der Waals surface area contributed by atoms with Crippen LogP contribution in [0, 0.1) is 0 Å². The summed E-state index contributed by atoms with van der Waals surface area (Å²) in [6, 6.07) is 0. The summed E-state index contributed by atoms with van der Waals surface area (Å²) >= 11 is 0. The van der Waals surface area contributed by atoms with Gasteiger partial charge in [0.25, 0.3) is 0 Å². The second-order valence-electron chi connectivity index (χ2n) is 13.8. The largest absolute Gasteiger partial charge is 0.472 e. The van der Waals surface area contributed by atoms with Crippen molar-refractivity contribution in [3.05, 3.63) is 36.5 Å². The van der Waals surface area contributed by atoms with Gasteiger partial charge in [0.2, 0.25) is 0 Å². The Bertz CT molecular complexity index is 954. The number of phosphoric acid groups is 1. The Hall–Kier alpha value is -1.77. The molecule has 0 radical (unpaired) electrons. The lowest BCUT2D eigenvalue weighted by Crippen LogP contribution is -2.29. The molecule has 0 saturated heterocycles. The molecule has 9 nitrogen and oxygen atoms in total. The second kappa shape index (κ2) is 38.9. The van der Waals surface area contributed by atoms with Gasteiger partial charge in [0, 0.05) is 19.4 Å². The molecular weight excluding hydrogens is 677 g/mol. The van der Waals surface area contributed by atoms with Crippen molar-refractivity contribution < 1.29 is 37.6 Å². The molecule has 304 valence electrons. The first-order valence-corrected chi connectivity index (χ1v) is 22.5. The molecule has 0 bridgehead atoms. The van der Waals surface area contributed by atoms with Crippen LogP contribution in [0.25, 0.3) is 0 Å². The van der Waals surface area contributed by atoms with Crippen LogP contribution >= 0.6 is 7.82 Å². The number of hydrogen-bond donors (Lipinski definition) is 2. The fourth-order valence-corrected chi connectivity index (χ4v) is 6.36. The van der Waals surface area contributed by atoms with Crippen LogP contribution in [0.4, 0.5) is 0 Å². The number of carbonyl (C=O) groups is 2. The van der Waals surface area contributed by atoms with Crippen molar-refractivity contribution in [2.45, 2.75) is 193 Å². The maximum atomic E-state index is 12.6. The number of carbonyl (C=O) groups excluding carboxylic acids is 2. The van der Waals surface area contributed by atoms with E-state index in [0.717, 1.165) is 77.0 Å². The molecule has 0 spiro atoms. The van der Waals surface area contributed by atoms with Crippen LogP contribution in [0.1, 0.15) is 187 Å². The molecule has 2 atom stereocenters. The molecular formula is C42H78NO8P. The van der Waals surface area contributed by atoms with Crippen LogP contribution in [0.3, 0.4) is 0 Å². The van der Waals surface area contributed by atoms with Crippen molar-refractivity contribution in [2.75, 3.05) is 26.4 Å². The van der Waals surface area contributed by atoms with Gasteiger partial charge < -0.3 is 20.1 Å². The number of rotatable bonds is 39. The van der Waals surface area contributed by atoms with Crippen LogP contribution in [0.5, 0.6) is 0 Å². The molecule has 0 saturated carbocycles.